The van der Waals surface area contributed by atoms with Gasteiger partial charge < -0.3 is 4.79 Å². The molecule has 0 heterocycles. The number of rotatable bonds is 3. The van der Waals surface area contributed by atoms with E-state index in [2.05, 4.69) is 15.9 Å². The van der Waals surface area contributed by atoms with Crippen LogP contribution in [0.4, 0.5) is 8.78 Å². The van der Waals surface area contributed by atoms with Crippen molar-refractivity contribution in [2.24, 2.45) is 0 Å². The predicted octanol–water partition coefficient (Wildman–Crippen LogP) is 3.00. The minimum Gasteiger partial charge on any atom is -0.302 e. The fraction of sp³-hybridized carbons (Fsp3) is 0.222. The highest BCUT2D eigenvalue weighted by atomic mass is 79.9. The molecule has 0 bridgehead atoms. The first kappa shape index (κ1) is 10.3. The van der Waals surface area contributed by atoms with Gasteiger partial charge in [-0.2, -0.15) is 0 Å². The molecule has 0 saturated carbocycles. The highest BCUT2D eigenvalue weighted by molar-refractivity contribution is 9.10. The van der Waals surface area contributed by atoms with Crippen LogP contribution in [0.15, 0.2) is 28.7 Å². The smallest absolute Gasteiger partial charge is 0.252 e. The molecule has 0 aliphatic heterocycles. The van der Waals surface area contributed by atoms with Crippen LogP contribution < -0.4 is 0 Å². The largest absolute Gasteiger partial charge is 0.302 e. The number of benzene rings is 1. The summed E-state index contributed by atoms with van der Waals surface area (Å²) in [5.41, 5.74) is 0.341. The van der Waals surface area contributed by atoms with Crippen LogP contribution in [-0.4, -0.2) is 12.7 Å². The maximum Gasteiger partial charge on any atom is 0.252 e. The maximum absolute atomic E-state index is 12.2. The molecule has 0 N–H and O–H groups in total. The minimum absolute atomic E-state index is 0.272. The molecule has 0 saturated heterocycles. The van der Waals surface area contributed by atoms with Crippen molar-refractivity contribution < 1.29 is 13.6 Å². The van der Waals surface area contributed by atoms with E-state index in [4.69, 9.17) is 0 Å². The van der Waals surface area contributed by atoms with Crippen molar-refractivity contribution in [2.45, 2.75) is 12.3 Å². The molecule has 0 amide bonds. The van der Waals surface area contributed by atoms with Gasteiger partial charge in [0.25, 0.3) is 6.43 Å². The van der Waals surface area contributed by atoms with E-state index in [0.29, 0.717) is 5.56 Å². The molecule has 13 heavy (non-hydrogen) atoms. The van der Waals surface area contributed by atoms with Crippen molar-refractivity contribution in [1.29, 1.82) is 0 Å². The van der Waals surface area contributed by atoms with Gasteiger partial charge in [-0.25, -0.2) is 8.78 Å². The third kappa shape index (κ3) is 2.59. The Kier molecular flexibility index (Phi) is 3.54. The Balaban J connectivity index is 2.92. The Morgan fingerprint density at radius 2 is 1.77 bits per heavy atom. The highest BCUT2D eigenvalue weighted by Crippen LogP contribution is 2.22. The average Bonchev–Trinajstić information content (AvgIpc) is 2.09. The summed E-state index contributed by atoms with van der Waals surface area (Å²) >= 11 is 3.18. The molecule has 1 unspecified atom stereocenters. The summed E-state index contributed by atoms with van der Waals surface area (Å²) in [5.74, 6) is -1.31. The van der Waals surface area contributed by atoms with Crippen LogP contribution in [0.5, 0.6) is 0 Å². The fourth-order valence-electron chi connectivity index (χ4n) is 0.968. The molecule has 70 valence electrons. The summed E-state index contributed by atoms with van der Waals surface area (Å²) in [5, 5.41) is 0. The van der Waals surface area contributed by atoms with E-state index in [1.165, 1.54) is 12.1 Å². The van der Waals surface area contributed by atoms with Gasteiger partial charge in [0, 0.05) is 4.47 Å². The number of halogens is 3. The lowest BCUT2D eigenvalue weighted by molar-refractivity contribution is -0.111. The Labute approximate surface area is 82.9 Å². The summed E-state index contributed by atoms with van der Waals surface area (Å²) in [6.45, 7) is 0. The lowest BCUT2D eigenvalue weighted by Crippen LogP contribution is -2.10. The zero-order chi connectivity index (χ0) is 9.84. The van der Waals surface area contributed by atoms with Crippen LogP contribution in [0.1, 0.15) is 11.5 Å². The van der Waals surface area contributed by atoms with Crippen molar-refractivity contribution in [2.75, 3.05) is 0 Å². The third-order valence-electron chi connectivity index (χ3n) is 1.67. The lowest BCUT2D eigenvalue weighted by atomic mass is 10.0. The van der Waals surface area contributed by atoms with E-state index in [1.54, 1.807) is 12.1 Å². The van der Waals surface area contributed by atoms with E-state index in [9.17, 15) is 13.6 Å². The molecule has 0 aromatic heterocycles. The zero-order valence-corrected chi connectivity index (χ0v) is 8.17. The first-order chi connectivity index (χ1) is 6.15. The average molecular weight is 249 g/mol. The second-order valence-corrected chi connectivity index (χ2v) is 3.46. The summed E-state index contributed by atoms with van der Waals surface area (Å²) in [6, 6.07) is 6.28. The van der Waals surface area contributed by atoms with Crippen LogP contribution in [0.25, 0.3) is 0 Å². The van der Waals surface area contributed by atoms with Gasteiger partial charge >= 0.3 is 0 Å². The van der Waals surface area contributed by atoms with Crippen molar-refractivity contribution in [1.82, 2.24) is 0 Å². The number of carbonyl (C=O) groups is 1. The normalized spacial score (nSPS) is 12.9. The van der Waals surface area contributed by atoms with Gasteiger partial charge in [-0.1, -0.05) is 28.1 Å². The second kappa shape index (κ2) is 4.46. The maximum atomic E-state index is 12.2. The molecule has 0 aliphatic rings. The number of aldehydes is 1. The number of carbonyl (C=O) groups excluding carboxylic acids is 1. The van der Waals surface area contributed by atoms with Crippen molar-refractivity contribution in [3.63, 3.8) is 0 Å². The van der Waals surface area contributed by atoms with Gasteiger partial charge in [-0.3, -0.25) is 0 Å². The molecule has 4 heteroatoms. The van der Waals surface area contributed by atoms with E-state index >= 15 is 0 Å². The van der Waals surface area contributed by atoms with Gasteiger partial charge in [0.15, 0.2) is 0 Å². The van der Waals surface area contributed by atoms with E-state index in [-0.39, 0.29) is 6.29 Å². The number of alkyl halides is 2. The van der Waals surface area contributed by atoms with Crippen LogP contribution in [-0.2, 0) is 4.79 Å². The molecule has 1 nitrogen and oxygen atoms in total. The SMILES string of the molecule is O=CC(c1ccc(Br)cc1)C(F)F. The first-order valence-electron chi connectivity index (χ1n) is 3.64. The Morgan fingerprint density at radius 1 is 1.23 bits per heavy atom. The standard InChI is InChI=1S/C9H7BrF2O/c10-7-3-1-6(2-4-7)8(5-13)9(11)12/h1-5,8-9H. The predicted molar refractivity (Wildman–Crippen MR) is 49.0 cm³/mol. The Morgan fingerprint density at radius 3 is 2.15 bits per heavy atom. The van der Waals surface area contributed by atoms with E-state index in [0.717, 1.165) is 4.47 Å². The molecule has 0 fully saturated rings. The molecule has 0 spiro atoms. The second-order valence-electron chi connectivity index (χ2n) is 2.55. The van der Waals surface area contributed by atoms with Crippen molar-refractivity contribution in [3.8, 4) is 0 Å². The first-order valence-corrected chi connectivity index (χ1v) is 4.43. The molecule has 1 rings (SSSR count). The molecule has 1 atom stereocenters. The summed E-state index contributed by atoms with van der Waals surface area (Å²) in [4.78, 5) is 10.3. The lowest BCUT2D eigenvalue weighted by Gasteiger charge is -2.08. The molecular weight excluding hydrogens is 242 g/mol. The van der Waals surface area contributed by atoms with Crippen LogP contribution in [0.2, 0.25) is 0 Å². The molecule has 1 aromatic rings. The zero-order valence-electron chi connectivity index (χ0n) is 6.58. The summed E-state index contributed by atoms with van der Waals surface area (Å²) in [6.07, 6.45) is -2.37. The molecule has 0 radical (unpaired) electrons. The Bertz CT molecular complexity index is 284. The topological polar surface area (TPSA) is 17.1 Å². The van der Waals surface area contributed by atoms with Crippen molar-refractivity contribution in [3.05, 3.63) is 34.3 Å². The summed E-state index contributed by atoms with van der Waals surface area (Å²) in [7, 11) is 0. The monoisotopic (exact) mass is 248 g/mol. The summed E-state index contributed by atoms with van der Waals surface area (Å²) < 4.78 is 25.3. The van der Waals surface area contributed by atoms with Gasteiger partial charge in [0.1, 0.15) is 12.2 Å². The van der Waals surface area contributed by atoms with Crippen LogP contribution >= 0.6 is 15.9 Å². The fourth-order valence-corrected chi connectivity index (χ4v) is 1.23. The van der Waals surface area contributed by atoms with Crippen molar-refractivity contribution >= 4 is 22.2 Å². The van der Waals surface area contributed by atoms with Gasteiger partial charge in [-0.15, -0.1) is 0 Å². The Hall–Kier alpha value is -0.770. The quantitative estimate of drug-likeness (QED) is 0.752. The molecular formula is C9H7BrF2O. The van der Waals surface area contributed by atoms with Gasteiger partial charge in [-0.05, 0) is 17.7 Å². The minimum atomic E-state index is -2.64. The molecule has 0 aliphatic carbocycles. The van der Waals surface area contributed by atoms with Gasteiger partial charge in [0.2, 0.25) is 0 Å². The number of hydrogen-bond donors (Lipinski definition) is 0. The highest BCUT2D eigenvalue weighted by Gasteiger charge is 2.21. The number of hydrogen-bond acceptors (Lipinski definition) is 1. The van der Waals surface area contributed by atoms with E-state index < -0.39 is 12.3 Å². The van der Waals surface area contributed by atoms with Gasteiger partial charge in [0.05, 0.1) is 0 Å². The molecule has 1 aromatic carbocycles. The van der Waals surface area contributed by atoms with Crippen LogP contribution in [0.3, 0.4) is 0 Å². The van der Waals surface area contributed by atoms with Crippen LogP contribution in [0, 0.1) is 0 Å². The third-order valence-corrected chi connectivity index (χ3v) is 2.20. The van der Waals surface area contributed by atoms with E-state index in [1.807, 2.05) is 0 Å².